The molecule has 0 saturated carbocycles. The van der Waals surface area contributed by atoms with Crippen molar-refractivity contribution in [2.75, 3.05) is 33.0 Å². The summed E-state index contributed by atoms with van der Waals surface area (Å²) in [6.45, 7) is 15.2. The predicted molar refractivity (Wildman–Crippen MR) is 89.5 cm³/mol. The highest BCUT2D eigenvalue weighted by molar-refractivity contribution is 4.58. The van der Waals surface area contributed by atoms with Crippen LogP contribution in [0.2, 0.25) is 0 Å². The summed E-state index contributed by atoms with van der Waals surface area (Å²) in [6, 6.07) is 0. The van der Waals surface area contributed by atoms with E-state index in [1.54, 1.807) is 6.92 Å². The molecular formula is C17H34O6. The Labute approximate surface area is 140 Å². The van der Waals surface area contributed by atoms with Crippen LogP contribution in [0.25, 0.3) is 0 Å². The number of hydrogen-bond donors (Lipinski definition) is 1. The van der Waals surface area contributed by atoms with Gasteiger partial charge in [0.15, 0.2) is 0 Å². The summed E-state index contributed by atoms with van der Waals surface area (Å²) < 4.78 is 27.5. The van der Waals surface area contributed by atoms with Crippen LogP contribution in [-0.2, 0) is 23.7 Å². The van der Waals surface area contributed by atoms with E-state index in [0.29, 0.717) is 33.0 Å². The van der Waals surface area contributed by atoms with Gasteiger partial charge in [-0.05, 0) is 34.6 Å². The average molecular weight is 334 g/mol. The summed E-state index contributed by atoms with van der Waals surface area (Å²) in [6.07, 6.45) is 0.842. The molecule has 0 rings (SSSR count). The molecule has 6 nitrogen and oxygen atoms in total. The zero-order valence-corrected chi connectivity index (χ0v) is 15.2. The molecule has 0 aromatic rings. The monoisotopic (exact) mass is 334 g/mol. The predicted octanol–water partition coefficient (Wildman–Crippen LogP) is 2.15. The fraction of sp³-hybridized carbons (Fsp3) is 0.882. The Morgan fingerprint density at radius 3 is 1.39 bits per heavy atom. The van der Waals surface area contributed by atoms with E-state index in [4.69, 9.17) is 28.8 Å². The third-order valence-corrected chi connectivity index (χ3v) is 2.92. The molecule has 138 valence electrons. The van der Waals surface area contributed by atoms with E-state index < -0.39 is 6.10 Å². The molecule has 0 amide bonds. The third kappa shape index (κ3) is 14.7. The van der Waals surface area contributed by atoms with Gasteiger partial charge in [0.1, 0.15) is 6.61 Å². The Morgan fingerprint density at radius 2 is 1.04 bits per heavy atom. The number of ether oxygens (including phenoxy) is 5. The van der Waals surface area contributed by atoms with Crippen molar-refractivity contribution in [2.24, 2.45) is 0 Å². The van der Waals surface area contributed by atoms with Crippen molar-refractivity contribution in [3.63, 3.8) is 0 Å². The first-order valence-electron chi connectivity index (χ1n) is 8.22. The highest BCUT2D eigenvalue weighted by atomic mass is 16.6. The molecule has 0 radical (unpaired) electrons. The number of aliphatic hydroxyl groups is 1. The lowest BCUT2D eigenvalue weighted by atomic mass is 10.3. The molecule has 0 aliphatic rings. The lowest BCUT2D eigenvalue weighted by molar-refractivity contribution is -0.0939. The lowest BCUT2D eigenvalue weighted by Crippen LogP contribution is -2.28. The summed E-state index contributed by atoms with van der Waals surface area (Å²) in [5, 5.41) is 9.15. The fourth-order valence-electron chi connectivity index (χ4n) is 1.60. The molecule has 5 atom stereocenters. The number of rotatable bonds is 15. The number of aliphatic hydroxyl groups excluding tert-OH is 1. The molecule has 0 aliphatic heterocycles. The van der Waals surface area contributed by atoms with Crippen molar-refractivity contribution in [1.29, 1.82) is 0 Å². The third-order valence-electron chi connectivity index (χ3n) is 2.92. The smallest absolute Gasteiger partial charge is 0.113 e. The molecular weight excluding hydrogens is 300 g/mol. The summed E-state index contributed by atoms with van der Waals surface area (Å²) >= 11 is 0. The SMILES string of the molecule is C=COCC(C)OCC(C)OCC(C)OCC(C)OCC(C)O. The van der Waals surface area contributed by atoms with Crippen LogP contribution >= 0.6 is 0 Å². The Kier molecular flexibility index (Phi) is 13.4. The van der Waals surface area contributed by atoms with Gasteiger partial charge in [-0.25, -0.2) is 0 Å². The van der Waals surface area contributed by atoms with Crippen LogP contribution in [0, 0.1) is 0 Å². The number of hydrogen-bond acceptors (Lipinski definition) is 6. The minimum Gasteiger partial charge on any atom is -0.499 e. The summed E-state index contributed by atoms with van der Waals surface area (Å²) in [5.74, 6) is 0. The highest BCUT2D eigenvalue weighted by Crippen LogP contribution is 2.02. The second-order valence-corrected chi connectivity index (χ2v) is 5.92. The molecule has 0 spiro atoms. The Bertz CT molecular complexity index is 284. The van der Waals surface area contributed by atoms with E-state index in [9.17, 15) is 0 Å². The molecule has 5 unspecified atom stereocenters. The first-order valence-corrected chi connectivity index (χ1v) is 8.22. The van der Waals surface area contributed by atoms with Gasteiger partial charge in [-0.15, -0.1) is 0 Å². The fourth-order valence-corrected chi connectivity index (χ4v) is 1.60. The molecule has 0 saturated heterocycles. The van der Waals surface area contributed by atoms with Crippen molar-refractivity contribution >= 4 is 0 Å². The summed E-state index contributed by atoms with van der Waals surface area (Å²) in [5.41, 5.74) is 0. The van der Waals surface area contributed by atoms with Gasteiger partial charge in [0.25, 0.3) is 0 Å². The Hall–Kier alpha value is -0.660. The molecule has 0 heterocycles. The van der Waals surface area contributed by atoms with Gasteiger partial charge in [0, 0.05) is 0 Å². The molecule has 6 heteroatoms. The normalized spacial score (nSPS) is 18.0. The zero-order chi connectivity index (χ0) is 17.7. The molecule has 0 fully saturated rings. The van der Waals surface area contributed by atoms with Crippen LogP contribution in [0.1, 0.15) is 34.6 Å². The average Bonchev–Trinajstić information content (AvgIpc) is 2.52. The van der Waals surface area contributed by atoms with Crippen LogP contribution in [0.5, 0.6) is 0 Å². The van der Waals surface area contributed by atoms with Crippen LogP contribution in [0.15, 0.2) is 12.8 Å². The largest absolute Gasteiger partial charge is 0.499 e. The van der Waals surface area contributed by atoms with Crippen molar-refractivity contribution in [3.05, 3.63) is 12.8 Å². The maximum absolute atomic E-state index is 9.15. The Balaban J connectivity index is 3.66. The first-order chi connectivity index (χ1) is 10.8. The van der Waals surface area contributed by atoms with Gasteiger partial charge in [-0.2, -0.15) is 0 Å². The molecule has 0 bridgehead atoms. The maximum Gasteiger partial charge on any atom is 0.113 e. The van der Waals surface area contributed by atoms with E-state index in [-0.39, 0.29) is 24.4 Å². The quantitative estimate of drug-likeness (QED) is 0.463. The highest BCUT2D eigenvalue weighted by Gasteiger charge is 2.11. The second kappa shape index (κ2) is 13.7. The molecule has 23 heavy (non-hydrogen) atoms. The topological polar surface area (TPSA) is 66.4 Å². The van der Waals surface area contributed by atoms with Gasteiger partial charge < -0.3 is 28.8 Å². The standard InChI is InChI=1S/C17H34O6/c1-7-19-9-14(3)21-11-16(5)23-12-17(6)22-10-15(4)20-8-13(2)18/h7,13-18H,1,8-12H2,2-6H3. The van der Waals surface area contributed by atoms with E-state index in [1.165, 1.54) is 6.26 Å². The van der Waals surface area contributed by atoms with Crippen LogP contribution in [0.4, 0.5) is 0 Å². The molecule has 0 aromatic carbocycles. The molecule has 0 aliphatic carbocycles. The second-order valence-electron chi connectivity index (χ2n) is 5.92. The van der Waals surface area contributed by atoms with Crippen LogP contribution in [-0.4, -0.2) is 68.7 Å². The molecule has 1 N–H and O–H groups in total. The lowest BCUT2D eigenvalue weighted by Gasteiger charge is -2.21. The first kappa shape index (κ1) is 22.3. The van der Waals surface area contributed by atoms with Gasteiger partial charge in [-0.1, -0.05) is 6.58 Å². The van der Waals surface area contributed by atoms with Crippen LogP contribution < -0.4 is 0 Å². The van der Waals surface area contributed by atoms with E-state index >= 15 is 0 Å². The van der Waals surface area contributed by atoms with Crippen molar-refractivity contribution in [2.45, 2.75) is 65.1 Å². The van der Waals surface area contributed by atoms with Gasteiger partial charge in [-0.3, -0.25) is 0 Å². The summed E-state index contributed by atoms with van der Waals surface area (Å²) in [4.78, 5) is 0. The summed E-state index contributed by atoms with van der Waals surface area (Å²) in [7, 11) is 0. The van der Waals surface area contributed by atoms with Gasteiger partial charge in [0.2, 0.25) is 0 Å². The minimum atomic E-state index is -0.460. The van der Waals surface area contributed by atoms with Crippen LogP contribution in [0.3, 0.4) is 0 Å². The van der Waals surface area contributed by atoms with Gasteiger partial charge >= 0.3 is 0 Å². The van der Waals surface area contributed by atoms with Crippen molar-refractivity contribution in [3.8, 4) is 0 Å². The van der Waals surface area contributed by atoms with Crippen molar-refractivity contribution < 1.29 is 28.8 Å². The maximum atomic E-state index is 9.15. The van der Waals surface area contributed by atoms with E-state index in [1.807, 2.05) is 27.7 Å². The van der Waals surface area contributed by atoms with Crippen molar-refractivity contribution in [1.82, 2.24) is 0 Å². The Morgan fingerprint density at radius 1 is 0.696 bits per heavy atom. The van der Waals surface area contributed by atoms with E-state index in [0.717, 1.165) is 0 Å². The zero-order valence-electron chi connectivity index (χ0n) is 15.2. The molecule has 0 aromatic heterocycles. The van der Waals surface area contributed by atoms with E-state index in [2.05, 4.69) is 6.58 Å². The minimum absolute atomic E-state index is 0.000335. The van der Waals surface area contributed by atoms with Gasteiger partial charge in [0.05, 0.1) is 63.2 Å².